The van der Waals surface area contributed by atoms with Crippen molar-refractivity contribution in [1.82, 2.24) is 14.9 Å². The number of H-pyrrole nitrogens is 1. The number of para-hydroxylation sites is 2. The highest BCUT2D eigenvalue weighted by molar-refractivity contribution is 5.77. The van der Waals surface area contributed by atoms with E-state index in [-0.39, 0.29) is 0 Å². The maximum atomic E-state index is 5.22. The number of ether oxygens (including phenoxy) is 1. The summed E-state index contributed by atoms with van der Waals surface area (Å²) in [6.45, 7) is 3.38. The van der Waals surface area contributed by atoms with Crippen LogP contribution in [0.1, 0.15) is 18.4 Å². The van der Waals surface area contributed by atoms with Gasteiger partial charge in [-0.15, -0.1) is 0 Å². The van der Waals surface area contributed by atoms with Crippen LogP contribution in [0.3, 0.4) is 0 Å². The van der Waals surface area contributed by atoms with Crippen LogP contribution >= 0.6 is 0 Å². The molecule has 1 aliphatic heterocycles. The van der Waals surface area contributed by atoms with E-state index in [9.17, 15) is 0 Å². The summed E-state index contributed by atoms with van der Waals surface area (Å²) in [5, 5.41) is 3.57. The molecule has 5 nitrogen and oxygen atoms in total. The van der Waals surface area contributed by atoms with Crippen LogP contribution in [0.25, 0.3) is 11.0 Å². The number of imidazole rings is 1. The molecule has 2 heterocycles. The third kappa shape index (κ3) is 3.99. The summed E-state index contributed by atoms with van der Waals surface area (Å²) < 4.78 is 5.22. The van der Waals surface area contributed by atoms with Crippen molar-refractivity contribution in [2.24, 2.45) is 0 Å². The van der Waals surface area contributed by atoms with E-state index in [1.165, 1.54) is 5.56 Å². The number of anilines is 1. The zero-order valence-corrected chi connectivity index (χ0v) is 15.2. The van der Waals surface area contributed by atoms with Crippen LogP contribution in [0.5, 0.6) is 5.75 Å². The normalized spacial score (nSPS) is 16.0. The molecule has 136 valence electrons. The lowest BCUT2D eigenvalue weighted by Crippen LogP contribution is -2.40. The van der Waals surface area contributed by atoms with Gasteiger partial charge in [-0.1, -0.05) is 24.3 Å². The molecular weight excluding hydrogens is 324 g/mol. The van der Waals surface area contributed by atoms with E-state index in [1.807, 2.05) is 30.3 Å². The Bertz CT molecular complexity index is 802. The predicted molar refractivity (Wildman–Crippen MR) is 106 cm³/mol. The SMILES string of the molecule is COc1ccc(CCN2CCC(Nc3nc4ccccc4[nH]3)CC2)cc1. The number of likely N-dealkylation sites (tertiary alicyclic amines) is 1. The highest BCUT2D eigenvalue weighted by Gasteiger charge is 2.19. The van der Waals surface area contributed by atoms with Gasteiger partial charge in [0.1, 0.15) is 5.75 Å². The summed E-state index contributed by atoms with van der Waals surface area (Å²) in [5.41, 5.74) is 3.48. The quantitative estimate of drug-likeness (QED) is 0.712. The fraction of sp³-hybridized carbons (Fsp3) is 0.381. The maximum Gasteiger partial charge on any atom is 0.201 e. The molecule has 0 aliphatic carbocycles. The van der Waals surface area contributed by atoms with E-state index < -0.39 is 0 Å². The molecule has 2 N–H and O–H groups in total. The summed E-state index contributed by atoms with van der Waals surface area (Å²) in [7, 11) is 1.71. The molecule has 0 radical (unpaired) electrons. The Labute approximate surface area is 154 Å². The third-order valence-electron chi connectivity index (χ3n) is 5.19. The van der Waals surface area contributed by atoms with Crippen molar-refractivity contribution in [3.05, 3.63) is 54.1 Å². The summed E-state index contributed by atoms with van der Waals surface area (Å²) in [6.07, 6.45) is 3.39. The molecule has 0 unspecified atom stereocenters. The van der Waals surface area contributed by atoms with Gasteiger partial charge in [0.2, 0.25) is 5.95 Å². The highest BCUT2D eigenvalue weighted by Crippen LogP contribution is 2.19. The number of fused-ring (bicyclic) bond motifs is 1. The van der Waals surface area contributed by atoms with Gasteiger partial charge < -0.3 is 19.9 Å². The number of hydrogen-bond acceptors (Lipinski definition) is 4. The average Bonchev–Trinajstić information content (AvgIpc) is 3.10. The molecule has 3 aromatic rings. The van der Waals surface area contributed by atoms with E-state index in [0.717, 1.165) is 61.6 Å². The number of aromatic nitrogens is 2. The molecular formula is C21H26N4O. The zero-order chi connectivity index (χ0) is 17.8. The van der Waals surface area contributed by atoms with Gasteiger partial charge in [0.05, 0.1) is 18.1 Å². The van der Waals surface area contributed by atoms with Crippen LogP contribution in [-0.4, -0.2) is 47.7 Å². The van der Waals surface area contributed by atoms with Crippen molar-refractivity contribution in [3.8, 4) is 5.75 Å². The molecule has 1 saturated heterocycles. The Morgan fingerprint density at radius 1 is 1.12 bits per heavy atom. The number of rotatable bonds is 6. The van der Waals surface area contributed by atoms with Gasteiger partial charge in [-0.3, -0.25) is 0 Å². The number of aromatic amines is 1. The van der Waals surface area contributed by atoms with Gasteiger partial charge in [0.25, 0.3) is 0 Å². The van der Waals surface area contributed by atoms with E-state index in [1.54, 1.807) is 7.11 Å². The Kier molecular flexibility index (Phi) is 5.07. The molecule has 1 aliphatic rings. The molecule has 4 rings (SSSR count). The first-order chi connectivity index (χ1) is 12.8. The van der Waals surface area contributed by atoms with Crippen molar-refractivity contribution < 1.29 is 4.74 Å². The van der Waals surface area contributed by atoms with Crippen molar-refractivity contribution in [2.45, 2.75) is 25.3 Å². The molecule has 0 saturated carbocycles. The van der Waals surface area contributed by atoms with Crippen LogP contribution in [0, 0.1) is 0 Å². The molecule has 2 aromatic carbocycles. The predicted octanol–water partition coefficient (Wildman–Crippen LogP) is 3.69. The highest BCUT2D eigenvalue weighted by atomic mass is 16.5. The molecule has 0 spiro atoms. The molecule has 0 amide bonds. The fourth-order valence-electron chi connectivity index (χ4n) is 3.59. The van der Waals surface area contributed by atoms with E-state index in [4.69, 9.17) is 4.74 Å². The first-order valence-electron chi connectivity index (χ1n) is 9.37. The Morgan fingerprint density at radius 2 is 1.88 bits per heavy atom. The van der Waals surface area contributed by atoms with Gasteiger partial charge >= 0.3 is 0 Å². The maximum absolute atomic E-state index is 5.22. The standard InChI is InChI=1S/C21H26N4O/c1-26-18-8-6-16(7-9-18)10-13-25-14-11-17(12-15-25)22-21-23-19-4-2-3-5-20(19)24-21/h2-9,17H,10-15H2,1H3,(H2,22,23,24). The van der Waals surface area contributed by atoms with Crippen LogP contribution in [0.15, 0.2) is 48.5 Å². The second kappa shape index (κ2) is 7.79. The number of nitrogens with zero attached hydrogens (tertiary/aromatic N) is 2. The lowest BCUT2D eigenvalue weighted by molar-refractivity contribution is 0.221. The van der Waals surface area contributed by atoms with Crippen molar-refractivity contribution in [2.75, 3.05) is 32.1 Å². The van der Waals surface area contributed by atoms with E-state index in [2.05, 4.69) is 38.4 Å². The number of piperidine rings is 1. The van der Waals surface area contributed by atoms with Crippen molar-refractivity contribution in [3.63, 3.8) is 0 Å². The van der Waals surface area contributed by atoms with Crippen LogP contribution in [0.4, 0.5) is 5.95 Å². The van der Waals surface area contributed by atoms with Gasteiger partial charge in [-0.25, -0.2) is 4.98 Å². The molecule has 1 aromatic heterocycles. The minimum Gasteiger partial charge on any atom is -0.497 e. The first-order valence-corrected chi connectivity index (χ1v) is 9.37. The van der Waals surface area contributed by atoms with Crippen LogP contribution in [-0.2, 0) is 6.42 Å². The van der Waals surface area contributed by atoms with Gasteiger partial charge in [0.15, 0.2) is 0 Å². The molecule has 0 bridgehead atoms. The second-order valence-corrected chi connectivity index (χ2v) is 6.96. The Hall–Kier alpha value is -2.53. The number of methoxy groups -OCH3 is 1. The average molecular weight is 350 g/mol. The number of hydrogen-bond donors (Lipinski definition) is 2. The monoisotopic (exact) mass is 350 g/mol. The summed E-state index contributed by atoms with van der Waals surface area (Å²) in [6, 6.07) is 17.1. The molecule has 1 fully saturated rings. The summed E-state index contributed by atoms with van der Waals surface area (Å²) >= 11 is 0. The Balaban J connectivity index is 1.24. The second-order valence-electron chi connectivity index (χ2n) is 6.96. The minimum absolute atomic E-state index is 0.493. The van der Waals surface area contributed by atoms with Gasteiger partial charge in [0, 0.05) is 25.7 Å². The van der Waals surface area contributed by atoms with E-state index in [0.29, 0.717) is 6.04 Å². The smallest absolute Gasteiger partial charge is 0.201 e. The van der Waals surface area contributed by atoms with Gasteiger partial charge in [-0.2, -0.15) is 0 Å². The Morgan fingerprint density at radius 3 is 2.62 bits per heavy atom. The third-order valence-corrected chi connectivity index (χ3v) is 5.19. The topological polar surface area (TPSA) is 53.2 Å². The summed E-state index contributed by atoms with van der Waals surface area (Å²) in [4.78, 5) is 10.5. The molecule has 5 heteroatoms. The van der Waals surface area contributed by atoms with Gasteiger partial charge in [-0.05, 0) is 49.1 Å². The molecule has 26 heavy (non-hydrogen) atoms. The van der Waals surface area contributed by atoms with Crippen LogP contribution in [0.2, 0.25) is 0 Å². The number of nitrogens with one attached hydrogen (secondary N) is 2. The lowest BCUT2D eigenvalue weighted by Gasteiger charge is -2.32. The summed E-state index contributed by atoms with van der Waals surface area (Å²) in [5.74, 6) is 1.81. The number of benzene rings is 2. The fourth-order valence-corrected chi connectivity index (χ4v) is 3.59. The molecule has 0 atom stereocenters. The largest absolute Gasteiger partial charge is 0.497 e. The van der Waals surface area contributed by atoms with Crippen molar-refractivity contribution in [1.29, 1.82) is 0 Å². The van der Waals surface area contributed by atoms with Crippen LogP contribution < -0.4 is 10.1 Å². The lowest BCUT2D eigenvalue weighted by atomic mass is 10.0. The minimum atomic E-state index is 0.493. The van der Waals surface area contributed by atoms with Crippen molar-refractivity contribution >= 4 is 17.0 Å². The first kappa shape index (κ1) is 16.9. The van der Waals surface area contributed by atoms with E-state index >= 15 is 0 Å². The zero-order valence-electron chi connectivity index (χ0n) is 15.2.